The smallest absolute Gasteiger partial charge is 0.159 e. The summed E-state index contributed by atoms with van der Waals surface area (Å²) in [6.07, 6.45) is 3.57. The molecular weight excluding hydrogens is 152 g/mol. The lowest BCUT2D eigenvalue weighted by Crippen LogP contribution is -2.46. The number of carbonyl (C=O) groups excluding carboxylic acids is 1. The first-order valence-corrected chi connectivity index (χ1v) is 5.07. The average Bonchev–Trinajstić information content (AvgIpc) is 1.58. The van der Waals surface area contributed by atoms with Crippen molar-refractivity contribution in [3.63, 3.8) is 0 Å². The quantitative estimate of drug-likeness (QED) is 0.543. The second-order valence-electron chi connectivity index (χ2n) is 2.81. The molecule has 0 aromatic heterocycles. The van der Waals surface area contributed by atoms with Crippen LogP contribution in [0.15, 0.2) is 0 Å². The Morgan fingerprint density at radius 2 is 1.90 bits per heavy atom. The minimum atomic E-state index is -3.15. The highest BCUT2D eigenvalue weighted by Gasteiger charge is 2.46. The Kier molecular flexibility index (Phi) is 1.58. The van der Waals surface area contributed by atoms with Crippen LogP contribution in [0.1, 0.15) is 19.3 Å². The molecule has 0 bridgehead atoms. The van der Waals surface area contributed by atoms with Crippen LogP contribution in [-0.4, -0.2) is 25.7 Å². The van der Waals surface area contributed by atoms with Crippen LogP contribution in [0, 0.1) is 0 Å². The molecule has 0 radical (unpaired) electrons. The summed E-state index contributed by atoms with van der Waals surface area (Å²) in [5.41, 5.74) is 0. The van der Waals surface area contributed by atoms with Gasteiger partial charge in [0, 0.05) is 6.26 Å². The Morgan fingerprint density at radius 3 is 1.90 bits per heavy atom. The van der Waals surface area contributed by atoms with E-state index in [2.05, 4.69) is 0 Å². The first-order valence-electron chi connectivity index (χ1n) is 3.18. The molecule has 0 heterocycles. The van der Waals surface area contributed by atoms with Crippen LogP contribution in [0.5, 0.6) is 0 Å². The van der Waals surface area contributed by atoms with E-state index in [9.17, 15) is 13.2 Å². The van der Waals surface area contributed by atoms with Gasteiger partial charge in [-0.05, 0) is 19.3 Å². The summed E-state index contributed by atoms with van der Waals surface area (Å²) in [5, 5.41) is 0. The van der Waals surface area contributed by atoms with E-state index in [0.717, 1.165) is 12.7 Å². The van der Waals surface area contributed by atoms with Crippen molar-refractivity contribution in [1.29, 1.82) is 0 Å². The second kappa shape index (κ2) is 2.05. The van der Waals surface area contributed by atoms with Crippen molar-refractivity contribution in [2.45, 2.75) is 24.0 Å². The molecule has 10 heavy (non-hydrogen) atoms. The van der Waals surface area contributed by atoms with Crippen LogP contribution in [0.4, 0.5) is 0 Å². The summed E-state index contributed by atoms with van der Waals surface area (Å²) in [6, 6.07) is 0. The summed E-state index contributed by atoms with van der Waals surface area (Å²) in [5.74, 6) is 0. The fourth-order valence-electron chi connectivity index (χ4n) is 1.10. The summed E-state index contributed by atoms with van der Waals surface area (Å²) in [4.78, 5) is 10.4. The van der Waals surface area contributed by atoms with Gasteiger partial charge in [0.1, 0.15) is 11.0 Å². The number of carbonyl (C=O) groups is 1. The molecule has 3 nitrogen and oxygen atoms in total. The molecule has 0 N–H and O–H groups in total. The van der Waals surface area contributed by atoms with Gasteiger partial charge in [0.2, 0.25) is 0 Å². The van der Waals surface area contributed by atoms with E-state index in [1.807, 2.05) is 0 Å². The third kappa shape index (κ3) is 0.868. The Bertz CT molecular complexity index is 236. The Balaban J connectivity index is 2.96. The summed E-state index contributed by atoms with van der Waals surface area (Å²) < 4.78 is 20.9. The molecule has 0 aliphatic heterocycles. The van der Waals surface area contributed by atoms with Gasteiger partial charge in [-0.2, -0.15) is 0 Å². The second-order valence-corrected chi connectivity index (χ2v) is 5.17. The Morgan fingerprint density at radius 1 is 1.40 bits per heavy atom. The molecular formula is C6H10O3S. The Hall–Kier alpha value is -0.380. The molecule has 0 unspecified atom stereocenters. The van der Waals surface area contributed by atoms with Crippen LogP contribution < -0.4 is 0 Å². The minimum Gasteiger partial charge on any atom is -0.302 e. The first-order chi connectivity index (χ1) is 4.52. The van der Waals surface area contributed by atoms with Gasteiger partial charge in [0.15, 0.2) is 9.84 Å². The molecule has 0 saturated heterocycles. The van der Waals surface area contributed by atoms with E-state index in [4.69, 9.17) is 0 Å². The lowest BCUT2D eigenvalue weighted by atomic mass is 9.86. The summed E-state index contributed by atoms with van der Waals surface area (Å²) in [6.45, 7) is 0. The van der Waals surface area contributed by atoms with Crippen molar-refractivity contribution in [2.24, 2.45) is 0 Å². The maximum atomic E-state index is 10.9. The topological polar surface area (TPSA) is 51.2 Å². The predicted molar refractivity (Wildman–Crippen MR) is 37.5 cm³/mol. The molecule has 0 amide bonds. The van der Waals surface area contributed by atoms with Crippen molar-refractivity contribution in [2.75, 3.05) is 6.26 Å². The Labute approximate surface area is 60.3 Å². The molecule has 0 aromatic rings. The SMILES string of the molecule is CS(=O)(=O)C1(C=O)CCC1. The minimum absolute atomic E-state index is 0.509. The number of rotatable bonds is 2. The highest BCUT2D eigenvalue weighted by atomic mass is 32.2. The molecule has 0 spiro atoms. The van der Waals surface area contributed by atoms with Crippen molar-refractivity contribution >= 4 is 16.1 Å². The van der Waals surface area contributed by atoms with Gasteiger partial charge >= 0.3 is 0 Å². The van der Waals surface area contributed by atoms with Crippen molar-refractivity contribution < 1.29 is 13.2 Å². The van der Waals surface area contributed by atoms with E-state index in [0.29, 0.717) is 19.1 Å². The molecule has 1 aliphatic carbocycles. The van der Waals surface area contributed by atoms with Gasteiger partial charge in [-0.15, -0.1) is 0 Å². The number of aldehydes is 1. The molecule has 1 aliphatic rings. The van der Waals surface area contributed by atoms with E-state index in [1.54, 1.807) is 0 Å². The predicted octanol–water partition coefficient (Wildman–Crippen LogP) is 0.153. The molecule has 4 heteroatoms. The van der Waals surface area contributed by atoms with E-state index < -0.39 is 14.6 Å². The van der Waals surface area contributed by atoms with Gasteiger partial charge in [-0.1, -0.05) is 0 Å². The fourth-order valence-corrected chi connectivity index (χ4v) is 2.31. The zero-order valence-corrected chi connectivity index (χ0v) is 6.65. The summed E-state index contributed by atoms with van der Waals surface area (Å²) in [7, 11) is -3.15. The van der Waals surface area contributed by atoms with Gasteiger partial charge in [0.05, 0.1) is 0 Å². The number of hydrogen-bond donors (Lipinski definition) is 0. The third-order valence-corrected chi connectivity index (χ3v) is 4.13. The fraction of sp³-hybridized carbons (Fsp3) is 0.833. The van der Waals surface area contributed by atoms with Crippen LogP contribution in [-0.2, 0) is 14.6 Å². The van der Waals surface area contributed by atoms with Gasteiger partial charge in [-0.25, -0.2) is 8.42 Å². The third-order valence-electron chi connectivity index (χ3n) is 2.15. The number of sulfone groups is 1. The van der Waals surface area contributed by atoms with Crippen molar-refractivity contribution in [3.8, 4) is 0 Å². The van der Waals surface area contributed by atoms with Crippen LogP contribution in [0.2, 0.25) is 0 Å². The zero-order valence-electron chi connectivity index (χ0n) is 5.83. The maximum Gasteiger partial charge on any atom is 0.159 e. The standard InChI is InChI=1S/C6H10O3S/c1-10(8,9)6(5-7)3-2-4-6/h5H,2-4H2,1H3. The first kappa shape index (κ1) is 7.72. The lowest BCUT2D eigenvalue weighted by molar-refractivity contribution is -0.111. The number of hydrogen-bond acceptors (Lipinski definition) is 3. The van der Waals surface area contributed by atoms with Crippen LogP contribution in [0.3, 0.4) is 0 Å². The highest BCUT2D eigenvalue weighted by molar-refractivity contribution is 7.92. The maximum absolute atomic E-state index is 10.9. The highest BCUT2D eigenvalue weighted by Crippen LogP contribution is 2.36. The zero-order chi connectivity index (χ0) is 7.83. The van der Waals surface area contributed by atoms with E-state index >= 15 is 0 Å². The lowest BCUT2D eigenvalue weighted by Gasteiger charge is -2.34. The molecule has 0 aromatic carbocycles. The normalized spacial score (nSPS) is 23.3. The van der Waals surface area contributed by atoms with Crippen molar-refractivity contribution in [3.05, 3.63) is 0 Å². The van der Waals surface area contributed by atoms with Crippen molar-refractivity contribution in [1.82, 2.24) is 0 Å². The molecule has 1 fully saturated rings. The molecule has 58 valence electrons. The largest absolute Gasteiger partial charge is 0.302 e. The average molecular weight is 162 g/mol. The van der Waals surface area contributed by atoms with E-state index in [-0.39, 0.29) is 0 Å². The molecule has 1 rings (SSSR count). The molecule has 1 saturated carbocycles. The van der Waals surface area contributed by atoms with E-state index in [1.165, 1.54) is 0 Å². The van der Waals surface area contributed by atoms with Gasteiger partial charge < -0.3 is 4.79 Å². The van der Waals surface area contributed by atoms with Crippen LogP contribution >= 0.6 is 0 Å². The van der Waals surface area contributed by atoms with Gasteiger partial charge in [0.25, 0.3) is 0 Å². The van der Waals surface area contributed by atoms with Gasteiger partial charge in [-0.3, -0.25) is 0 Å². The monoisotopic (exact) mass is 162 g/mol. The molecule has 0 atom stereocenters. The van der Waals surface area contributed by atoms with Crippen LogP contribution in [0.25, 0.3) is 0 Å². The summed E-state index contributed by atoms with van der Waals surface area (Å²) >= 11 is 0.